The summed E-state index contributed by atoms with van der Waals surface area (Å²) in [7, 11) is -2.47. The highest BCUT2D eigenvalue weighted by Gasteiger charge is 2.30. The van der Waals surface area contributed by atoms with E-state index in [1.165, 1.54) is 48.0 Å². The maximum Gasteiger partial charge on any atom is 0.339 e. The van der Waals surface area contributed by atoms with E-state index >= 15 is 0 Å². The third-order valence-electron chi connectivity index (χ3n) is 3.92. The van der Waals surface area contributed by atoms with Crippen molar-refractivity contribution in [1.82, 2.24) is 4.90 Å². The maximum atomic E-state index is 12.4. The van der Waals surface area contributed by atoms with Crippen molar-refractivity contribution < 1.29 is 22.1 Å². The zero-order valence-electron chi connectivity index (χ0n) is 15.4. The van der Waals surface area contributed by atoms with Crippen LogP contribution in [-0.4, -0.2) is 37.2 Å². The van der Waals surface area contributed by atoms with Crippen LogP contribution in [0, 0.1) is 0 Å². The number of hydrogen-bond donors (Lipinski definition) is 0. The number of carbonyl (C=O) groups is 1. The molecule has 1 amide bonds. The van der Waals surface area contributed by atoms with E-state index in [9.17, 15) is 13.2 Å². The fourth-order valence-electron chi connectivity index (χ4n) is 2.47. The van der Waals surface area contributed by atoms with E-state index in [4.69, 9.17) is 21.1 Å². The summed E-state index contributed by atoms with van der Waals surface area (Å²) < 4.78 is 35.5. The van der Waals surface area contributed by atoms with E-state index in [2.05, 4.69) is 6.58 Å². The molecule has 150 valence electrons. The molecular weight excluding hydrogens is 430 g/mol. The average molecular weight is 448 g/mol. The molecule has 0 aromatic heterocycles. The number of hydrogen-bond acceptors (Lipinski definition) is 7. The van der Waals surface area contributed by atoms with Crippen LogP contribution in [0.15, 0.2) is 71.0 Å². The Morgan fingerprint density at radius 2 is 1.72 bits per heavy atom. The van der Waals surface area contributed by atoms with Gasteiger partial charge in [-0.25, -0.2) is 0 Å². The van der Waals surface area contributed by atoms with Crippen LogP contribution < -0.4 is 8.92 Å². The number of benzene rings is 2. The minimum absolute atomic E-state index is 0.0215. The van der Waals surface area contributed by atoms with Crippen LogP contribution in [0.4, 0.5) is 0 Å². The molecule has 1 aliphatic heterocycles. The molecule has 3 rings (SSSR count). The van der Waals surface area contributed by atoms with Crippen LogP contribution in [-0.2, 0) is 14.9 Å². The summed E-state index contributed by atoms with van der Waals surface area (Å²) in [5.41, 5.74) is 0.721. The first kappa shape index (κ1) is 21.1. The monoisotopic (exact) mass is 447 g/mol. The maximum absolute atomic E-state index is 12.4. The molecule has 1 fully saturated rings. The molecule has 6 nitrogen and oxygen atoms in total. The van der Waals surface area contributed by atoms with E-state index in [-0.39, 0.29) is 16.6 Å². The molecule has 0 spiro atoms. The Hall–Kier alpha value is -2.62. The molecule has 1 heterocycles. The van der Waals surface area contributed by atoms with Crippen molar-refractivity contribution in [3.8, 4) is 11.5 Å². The van der Waals surface area contributed by atoms with E-state index in [1.54, 1.807) is 36.4 Å². The van der Waals surface area contributed by atoms with Crippen LogP contribution in [0.5, 0.6) is 11.5 Å². The van der Waals surface area contributed by atoms with Gasteiger partial charge in [0.05, 0.1) is 12.0 Å². The number of rotatable bonds is 7. The first-order valence-corrected chi connectivity index (χ1v) is 11.0. The second-order valence-corrected chi connectivity index (χ2v) is 9.09. The van der Waals surface area contributed by atoms with Crippen molar-refractivity contribution in [3.05, 3.63) is 71.7 Å². The van der Waals surface area contributed by atoms with Gasteiger partial charge in [-0.3, -0.25) is 9.69 Å². The van der Waals surface area contributed by atoms with Gasteiger partial charge in [-0.05, 0) is 48.0 Å². The summed E-state index contributed by atoms with van der Waals surface area (Å²) in [6, 6.07) is 12.3. The Kier molecular flexibility index (Phi) is 6.41. The predicted octanol–water partition coefficient (Wildman–Crippen LogP) is 3.85. The highest BCUT2D eigenvalue weighted by Crippen LogP contribution is 2.32. The molecule has 9 heteroatoms. The molecule has 0 N–H and O–H groups in total. The van der Waals surface area contributed by atoms with Gasteiger partial charge < -0.3 is 8.92 Å². The third-order valence-corrected chi connectivity index (χ3v) is 6.56. The summed E-state index contributed by atoms with van der Waals surface area (Å²) in [4.78, 5) is 14.3. The van der Waals surface area contributed by atoms with Crippen LogP contribution in [0.3, 0.4) is 0 Å². The van der Waals surface area contributed by atoms with E-state index in [0.717, 1.165) is 5.56 Å². The minimum atomic E-state index is -3.97. The molecule has 2 aromatic rings. The first-order chi connectivity index (χ1) is 13.8. The van der Waals surface area contributed by atoms with E-state index in [1.807, 2.05) is 0 Å². The number of thioether (sulfide) groups is 1. The van der Waals surface area contributed by atoms with Gasteiger partial charge >= 0.3 is 10.1 Å². The van der Waals surface area contributed by atoms with Gasteiger partial charge in [0.2, 0.25) is 0 Å². The molecule has 0 bridgehead atoms. The lowest BCUT2D eigenvalue weighted by molar-refractivity contribution is -0.121. The third kappa shape index (κ3) is 4.87. The van der Waals surface area contributed by atoms with Crippen molar-refractivity contribution in [1.29, 1.82) is 0 Å². The normalized spacial score (nSPS) is 15.6. The minimum Gasteiger partial charge on any atom is -0.497 e. The average Bonchev–Trinajstić information content (AvgIpc) is 2.97. The highest BCUT2D eigenvalue weighted by molar-refractivity contribution is 8.26. The van der Waals surface area contributed by atoms with Crippen LogP contribution in [0.2, 0.25) is 0 Å². The van der Waals surface area contributed by atoms with Gasteiger partial charge in [0.1, 0.15) is 20.7 Å². The highest BCUT2D eigenvalue weighted by atomic mass is 32.2. The molecular formula is C20H17NO5S3. The standard InChI is InChI=1S/C20H17NO5S3/c1-3-12-21-19(22)18(28-20(21)27)13-14-4-6-16(7-5-14)26-29(23,24)17-10-8-15(25-2)9-11-17/h3-11,13H,1,12H2,2H3/b18-13-. The Balaban J connectivity index is 1.74. The lowest BCUT2D eigenvalue weighted by atomic mass is 10.2. The number of ether oxygens (including phenoxy) is 1. The van der Waals surface area contributed by atoms with Crippen LogP contribution >= 0.6 is 24.0 Å². The Morgan fingerprint density at radius 3 is 2.31 bits per heavy atom. The SMILES string of the molecule is C=CCN1C(=O)/C(=C/c2ccc(OS(=O)(=O)c3ccc(OC)cc3)cc2)SC1=S. The number of thiocarbonyl (C=S) groups is 1. The lowest BCUT2D eigenvalue weighted by Gasteiger charge is -2.10. The van der Waals surface area contributed by atoms with Crippen molar-refractivity contribution in [3.63, 3.8) is 0 Å². The zero-order chi connectivity index (χ0) is 21.0. The van der Waals surface area contributed by atoms with Crippen molar-refractivity contribution >= 4 is 50.4 Å². The Bertz CT molecular complexity index is 1070. The van der Waals surface area contributed by atoms with Gasteiger partial charge in [0.25, 0.3) is 5.91 Å². The fourth-order valence-corrected chi connectivity index (χ4v) is 4.68. The van der Waals surface area contributed by atoms with E-state index in [0.29, 0.717) is 21.5 Å². The van der Waals surface area contributed by atoms with Gasteiger partial charge in [0.15, 0.2) is 0 Å². The lowest BCUT2D eigenvalue weighted by Crippen LogP contribution is -2.27. The summed E-state index contributed by atoms with van der Waals surface area (Å²) in [5.74, 6) is 0.534. The molecule has 0 saturated carbocycles. The van der Waals surface area contributed by atoms with Gasteiger partial charge in [0, 0.05) is 6.54 Å². The largest absolute Gasteiger partial charge is 0.497 e. The second kappa shape index (κ2) is 8.81. The molecule has 1 aliphatic rings. The number of nitrogens with zero attached hydrogens (tertiary/aromatic N) is 1. The summed E-state index contributed by atoms with van der Waals surface area (Å²) >= 11 is 6.42. The number of methoxy groups -OCH3 is 1. The topological polar surface area (TPSA) is 72.9 Å². The van der Waals surface area contributed by atoms with Crippen LogP contribution in [0.1, 0.15) is 5.56 Å². The molecule has 0 atom stereocenters. The molecule has 0 aliphatic carbocycles. The van der Waals surface area contributed by atoms with Crippen LogP contribution in [0.25, 0.3) is 6.08 Å². The number of carbonyl (C=O) groups excluding carboxylic acids is 1. The molecule has 2 aromatic carbocycles. The first-order valence-electron chi connectivity index (χ1n) is 8.39. The van der Waals surface area contributed by atoms with Crippen molar-refractivity contribution in [2.75, 3.05) is 13.7 Å². The Labute approximate surface area is 178 Å². The van der Waals surface area contributed by atoms with Crippen molar-refractivity contribution in [2.24, 2.45) is 0 Å². The molecule has 0 unspecified atom stereocenters. The number of amides is 1. The summed E-state index contributed by atoms with van der Waals surface area (Å²) in [6.45, 7) is 3.98. The fraction of sp³-hybridized carbons (Fsp3) is 0.100. The van der Waals surface area contributed by atoms with Gasteiger partial charge in [-0.1, -0.05) is 42.2 Å². The Morgan fingerprint density at radius 1 is 1.10 bits per heavy atom. The van der Waals surface area contributed by atoms with Gasteiger partial charge in [-0.15, -0.1) is 6.58 Å². The quantitative estimate of drug-likeness (QED) is 0.276. The summed E-state index contributed by atoms with van der Waals surface area (Å²) in [6.07, 6.45) is 3.31. The predicted molar refractivity (Wildman–Crippen MR) is 117 cm³/mol. The molecule has 0 radical (unpaired) electrons. The van der Waals surface area contributed by atoms with E-state index < -0.39 is 10.1 Å². The van der Waals surface area contributed by atoms with Gasteiger partial charge in [-0.2, -0.15) is 8.42 Å². The molecule has 1 saturated heterocycles. The van der Waals surface area contributed by atoms with Crippen molar-refractivity contribution in [2.45, 2.75) is 4.90 Å². The second-order valence-electron chi connectivity index (χ2n) is 5.86. The zero-order valence-corrected chi connectivity index (χ0v) is 17.9. The molecule has 29 heavy (non-hydrogen) atoms. The smallest absolute Gasteiger partial charge is 0.339 e. The summed E-state index contributed by atoms with van der Waals surface area (Å²) in [5, 5.41) is 0.